The smallest absolute Gasteiger partial charge is 0.302 e. The first kappa shape index (κ1) is 9.27. The van der Waals surface area contributed by atoms with E-state index in [1.807, 2.05) is 0 Å². The fourth-order valence-electron chi connectivity index (χ4n) is 0. The predicted molar refractivity (Wildman–Crippen MR) is 28.1 cm³/mol. The lowest BCUT2D eigenvalue weighted by Crippen LogP contribution is -1.88. The topological polar surface area (TPSA) is 26.3 Å². The number of carbonyl (C=O) groups excluding carboxylic acids is 1. The van der Waals surface area contributed by atoms with Crippen molar-refractivity contribution < 1.29 is 9.53 Å². The number of rotatable bonds is 0. The zero-order chi connectivity index (χ0) is 4.28. The minimum Gasteiger partial charge on any atom is -0.469 e. The van der Waals surface area contributed by atoms with Gasteiger partial charge in [-0.05, 0) is 0 Å². The summed E-state index contributed by atoms with van der Waals surface area (Å²) in [6.07, 6.45) is 0. The highest BCUT2D eigenvalue weighted by molar-refractivity contribution is 7.59. The van der Waals surface area contributed by atoms with Gasteiger partial charge >= 0.3 is 5.97 Å². The van der Waals surface area contributed by atoms with Crippen LogP contribution in [0.4, 0.5) is 0 Å². The quantitative estimate of drug-likeness (QED) is 0.417. The minimum atomic E-state index is -0.245. The van der Waals surface area contributed by atoms with Crippen molar-refractivity contribution in [3.63, 3.8) is 0 Å². The van der Waals surface area contributed by atoms with E-state index in [0.29, 0.717) is 0 Å². The third-order valence-electron chi connectivity index (χ3n) is 0.287. The van der Waals surface area contributed by atoms with Gasteiger partial charge in [0.2, 0.25) is 0 Å². The molecule has 0 aromatic rings. The SMILES string of the molecule is COC(C)=O.S. The molecule has 0 bridgehead atoms. The van der Waals surface area contributed by atoms with E-state index in [-0.39, 0.29) is 19.5 Å². The molecule has 0 amide bonds. The number of hydrogen-bond acceptors (Lipinski definition) is 2. The first-order chi connectivity index (χ1) is 2.27. The largest absolute Gasteiger partial charge is 0.469 e. The molecule has 0 saturated heterocycles. The average Bonchev–Trinajstić information content (AvgIpc) is 1.38. The Hall–Kier alpha value is -0.180. The molecule has 0 saturated carbocycles. The van der Waals surface area contributed by atoms with Gasteiger partial charge < -0.3 is 4.74 Å². The van der Waals surface area contributed by atoms with Crippen LogP contribution in [0.5, 0.6) is 0 Å². The molecule has 38 valence electrons. The van der Waals surface area contributed by atoms with Gasteiger partial charge in [-0.25, -0.2) is 0 Å². The Bertz CT molecular complexity index is 44.1. The van der Waals surface area contributed by atoms with Gasteiger partial charge in [-0.3, -0.25) is 4.79 Å². The summed E-state index contributed by atoms with van der Waals surface area (Å²) in [7, 11) is 1.35. The van der Waals surface area contributed by atoms with Crippen LogP contribution in [-0.4, -0.2) is 13.1 Å². The Morgan fingerprint density at radius 1 is 1.67 bits per heavy atom. The molecule has 0 aliphatic heterocycles. The van der Waals surface area contributed by atoms with Crippen molar-refractivity contribution in [2.45, 2.75) is 6.92 Å². The summed E-state index contributed by atoms with van der Waals surface area (Å²) in [5.41, 5.74) is 0. The first-order valence-corrected chi connectivity index (χ1v) is 1.32. The molecule has 3 heteroatoms. The van der Waals surface area contributed by atoms with Gasteiger partial charge in [0, 0.05) is 6.92 Å². The number of esters is 1. The Labute approximate surface area is 43.9 Å². The van der Waals surface area contributed by atoms with E-state index in [9.17, 15) is 4.79 Å². The van der Waals surface area contributed by atoms with E-state index in [1.165, 1.54) is 14.0 Å². The van der Waals surface area contributed by atoms with Crippen LogP contribution in [0.1, 0.15) is 6.92 Å². The van der Waals surface area contributed by atoms with Gasteiger partial charge in [0.25, 0.3) is 0 Å². The second kappa shape index (κ2) is 4.82. The van der Waals surface area contributed by atoms with Gasteiger partial charge in [0.1, 0.15) is 0 Å². The lowest BCUT2D eigenvalue weighted by Gasteiger charge is -1.80. The van der Waals surface area contributed by atoms with Gasteiger partial charge in [-0.1, -0.05) is 0 Å². The molecule has 0 unspecified atom stereocenters. The Morgan fingerprint density at radius 2 is 1.83 bits per heavy atom. The highest BCUT2D eigenvalue weighted by Gasteiger charge is 1.75. The summed E-state index contributed by atoms with van der Waals surface area (Å²) < 4.78 is 4.11. The van der Waals surface area contributed by atoms with Crippen molar-refractivity contribution in [1.82, 2.24) is 0 Å². The van der Waals surface area contributed by atoms with Crippen LogP contribution in [0.25, 0.3) is 0 Å². The summed E-state index contributed by atoms with van der Waals surface area (Å²) >= 11 is 0. The molecule has 0 aromatic carbocycles. The molecule has 0 fully saturated rings. The molecule has 0 rings (SSSR count). The third-order valence-corrected chi connectivity index (χ3v) is 0.287. The Balaban J connectivity index is 0. The Kier molecular flexibility index (Phi) is 7.44. The summed E-state index contributed by atoms with van der Waals surface area (Å²) in [5, 5.41) is 0. The molecule has 2 nitrogen and oxygen atoms in total. The van der Waals surface area contributed by atoms with Crippen molar-refractivity contribution >= 4 is 19.5 Å². The number of carbonyl (C=O) groups is 1. The molecule has 0 aliphatic rings. The third kappa shape index (κ3) is 9.17. The standard InChI is InChI=1S/C3H6O2.H2S/c1-3(4)5-2;/h1-2H3;1H2. The van der Waals surface area contributed by atoms with E-state index in [1.54, 1.807) is 0 Å². The number of methoxy groups -OCH3 is 1. The molecule has 0 aromatic heterocycles. The molecule has 0 spiro atoms. The zero-order valence-corrected chi connectivity index (χ0v) is 4.82. The summed E-state index contributed by atoms with van der Waals surface area (Å²) in [5.74, 6) is -0.245. The lowest BCUT2D eigenvalue weighted by atomic mass is 10.8. The van der Waals surface area contributed by atoms with Gasteiger partial charge in [-0.15, -0.1) is 0 Å². The van der Waals surface area contributed by atoms with E-state index >= 15 is 0 Å². The lowest BCUT2D eigenvalue weighted by molar-refractivity contribution is -0.137. The number of ether oxygens (including phenoxy) is 1. The van der Waals surface area contributed by atoms with E-state index < -0.39 is 0 Å². The maximum absolute atomic E-state index is 9.59. The normalized spacial score (nSPS) is 5.67. The molecule has 0 heterocycles. The van der Waals surface area contributed by atoms with Crippen molar-refractivity contribution in [1.29, 1.82) is 0 Å². The highest BCUT2D eigenvalue weighted by Crippen LogP contribution is 1.60. The molecule has 0 atom stereocenters. The van der Waals surface area contributed by atoms with Crippen LogP contribution in [0.15, 0.2) is 0 Å². The maximum atomic E-state index is 9.59. The monoisotopic (exact) mass is 108 g/mol. The molecule has 0 aliphatic carbocycles. The summed E-state index contributed by atoms with van der Waals surface area (Å²) in [4.78, 5) is 9.59. The predicted octanol–water partition coefficient (Wildman–Crippen LogP) is 0.292. The molecule has 6 heavy (non-hydrogen) atoms. The molecular weight excluding hydrogens is 100 g/mol. The van der Waals surface area contributed by atoms with Gasteiger partial charge in [0.05, 0.1) is 7.11 Å². The first-order valence-electron chi connectivity index (χ1n) is 1.32. The minimum absolute atomic E-state index is 0. The van der Waals surface area contributed by atoms with Crippen molar-refractivity contribution in [3.05, 3.63) is 0 Å². The van der Waals surface area contributed by atoms with E-state index in [4.69, 9.17) is 0 Å². The van der Waals surface area contributed by atoms with Crippen molar-refractivity contribution in [2.75, 3.05) is 7.11 Å². The van der Waals surface area contributed by atoms with Crippen molar-refractivity contribution in [2.24, 2.45) is 0 Å². The zero-order valence-electron chi connectivity index (χ0n) is 3.82. The molecule has 0 N–H and O–H groups in total. The van der Waals surface area contributed by atoms with Crippen LogP contribution in [0.3, 0.4) is 0 Å². The fourth-order valence-corrected chi connectivity index (χ4v) is 0. The van der Waals surface area contributed by atoms with Gasteiger partial charge in [0.15, 0.2) is 0 Å². The molecule has 0 radical (unpaired) electrons. The van der Waals surface area contributed by atoms with Crippen LogP contribution < -0.4 is 0 Å². The van der Waals surface area contributed by atoms with Gasteiger partial charge in [-0.2, -0.15) is 13.5 Å². The van der Waals surface area contributed by atoms with E-state index in [0.717, 1.165) is 0 Å². The second-order valence-corrected chi connectivity index (χ2v) is 0.696. The average molecular weight is 108 g/mol. The van der Waals surface area contributed by atoms with Crippen molar-refractivity contribution in [3.8, 4) is 0 Å². The fraction of sp³-hybridized carbons (Fsp3) is 0.667. The second-order valence-electron chi connectivity index (χ2n) is 0.696. The molecular formula is C3H8O2S. The van der Waals surface area contributed by atoms with Crippen LogP contribution in [0.2, 0.25) is 0 Å². The number of hydrogen-bond donors (Lipinski definition) is 0. The Morgan fingerprint density at radius 3 is 1.83 bits per heavy atom. The summed E-state index contributed by atoms with van der Waals surface area (Å²) in [6.45, 7) is 1.36. The van der Waals surface area contributed by atoms with E-state index in [2.05, 4.69) is 4.74 Å². The van der Waals surface area contributed by atoms with Crippen LogP contribution >= 0.6 is 13.5 Å². The highest BCUT2D eigenvalue weighted by atomic mass is 32.1. The maximum Gasteiger partial charge on any atom is 0.302 e. The van der Waals surface area contributed by atoms with Crippen LogP contribution in [-0.2, 0) is 9.53 Å². The van der Waals surface area contributed by atoms with Crippen LogP contribution in [0, 0.1) is 0 Å². The summed E-state index contributed by atoms with van der Waals surface area (Å²) in [6, 6.07) is 0.